The van der Waals surface area contributed by atoms with E-state index in [4.69, 9.17) is 28.9 Å². The van der Waals surface area contributed by atoms with Crippen LogP contribution in [0.3, 0.4) is 0 Å². The number of benzene rings is 2. The summed E-state index contributed by atoms with van der Waals surface area (Å²) < 4.78 is 28.7. The SMILES string of the molecule is Cc1c(F)c(Cl)cc(F)c1-c1[nH]ncc1C(=O)N[C@@H](CC(N)=O)c1cccc(Cl)c1. The Bertz CT molecular complexity index is 1130. The molecule has 1 atom stereocenters. The molecule has 0 aliphatic rings. The van der Waals surface area contributed by atoms with Gasteiger partial charge in [0.05, 0.1) is 34.9 Å². The van der Waals surface area contributed by atoms with Crippen LogP contribution >= 0.6 is 23.2 Å². The molecular formula is C20H16Cl2F2N4O2. The molecule has 0 bridgehead atoms. The van der Waals surface area contributed by atoms with Crippen molar-refractivity contribution in [3.63, 3.8) is 0 Å². The van der Waals surface area contributed by atoms with Gasteiger partial charge in [0.25, 0.3) is 5.91 Å². The van der Waals surface area contributed by atoms with Crippen molar-refractivity contribution in [3.8, 4) is 11.3 Å². The van der Waals surface area contributed by atoms with Crippen LogP contribution in [0.2, 0.25) is 10.0 Å². The third kappa shape index (κ3) is 4.44. The molecule has 30 heavy (non-hydrogen) atoms. The predicted octanol–water partition coefficient (Wildman–Crippen LogP) is 4.32. The maximum Gasteiger partial charge on any atom is 0.255 e. The monoisotopic (exact) mass is 452 g/mol. The van der Waals surface area contributed by atoms with Gasteiger partial charge in [0.15, 0.2) is 0 Å². The van der Waals surface area contributed by atoms with E-state index in [2.05, 4.69) is 15.5 Å². The summed E-state index contributed by atoms with van der Waals surface area (Å²) >= 11 is 11.7. The lowest BCUT2D eigenvalue weighted by Gasteiger charge is -2.18. The Hall–Kier alpha value is -2.97. The van der Waals surface area contributed by atoms with Crippen molar-refractivity contribution in [2.75, 3.05) is 0 Å². The number of aromatic amines is 1. The van der Waals surface area contributed by atoms with Crippen molar-refractivity contribution in [3.05, 3.63) is 74.9 Å². The average Bonchev–Trinajstić information content (AvgIpc) is 3.15. The van der Waals surface area contributed by atoms with Gasteiger partial charge in [-0.25, -0.2) is 8.78 Å². The summed E-state index contributed by atoms with van der Waals surface area (Å²) in [6.45, 7) is 1.34. The van der Waals surface area contributed by atoms with Gasteiger partial charge in [-0.05, 0) is 36.2 Å². The Kier molecular flexibility index (Phi) is 6.38. The molecule has 4 N–H and O–H groups in total. The summed E-state index contributed by atoms with van der Waals surface area (Å²) in [5, 5.41) is 9.02. The van der Waals surface area contributed by atoms with E-state index in [0.717, 1.165) is 6.07 Å². The molecule has 0 spiro atoms. The minimum absolute atomic E-state index is 0.0259. The van der Waals surface area contributed by atoms with Crippen LogP contribution in [0, 0.1) is 18.6 Å². The van der Waals surface area contributed by atoms with Gasteiger partial charge in [-0.15, -0.1) is 0 Å². The first-order valence-corrected chi connectivity index (χ1v) is 9.47. The van der Waals surface area contributed by atoms with E-state index in [9.17, 15) is 18.4 Å². The van der Waals surface area contributed by atoms with E-state index in [1.54, 1.807) is 24.3 Å². The molecule has 3 aromatic rings. The fourth-order valence-electron chi connectivity index (χ4n) is 3.08. The number of aromatic nitrogens is 2. The van der Waals surface area contributed by atoms with Crippen LogP contribution in [0.4, 0.5) is 8.78 Å². The third-order valence-corrected chi connectivity index (χ3v) is 5.01. The number of carbonyl (C=O) groups excluding carboxylic acids is 2. The van der Waals surface area contributed by atoms with Crippen LogP contribution in [0.15, 0.2) is 36.5 Å². The smallest absolute Gasteiger partial charge is 0.255 e. The number of hydrogen-bond donors (Lipinski definition) is 3. The number of rotatable bonds is 6. The Balaban J connectivity index is 1.98. The lowest BCUT2D eigenvalue weighted by molar-refractivity contribution is -0.118. The van der Waals surface area contributed by atoms with Crippen molar-refractivity contribution in [1.29, 1.82) is 0 Å². The van der Waals surface area contributed by atoms with Crippen LogP contribution in [0.25, 0.3) is 11.3 Å². The van der Waals surface area contributed by atoms with Gasteiger partial charge < -0.3 is 11.1 Å². The van der Waals surface area contributed by atoms with Gasteiger partial charge in [0, 0.05) is 10.6 Å². The molecule has 2 amide bonds. The standard InChI is InChI=1S/C20H16Cl2F2N4O2/c1-9-17(14(23)6-13(22)18(9)24)19-12(8-26-28-19)20(30)27-15(7-16(25)29)10-3-2-4-11(21)5-10/h2-6,8,15H,7H2,1H3,(H2,25,29)(H,26,28)(H,27,30)/t15-/m0/s1. The van der Waals surface area contributed by atoms with Crippen molar-refractivity contribution in [1.82, 2.24) is 15.5 Å². The second-order valence-electron chi connectivity index (χ2n) is 6.56. The molecule has 0 unspecified atom stereocenters. The van der Waals surface area contributed by atoms with E-state index in [0.29, 0.717) is 10.6 Å². The largest absolute Gasteiger partial charge is 0.370 e. The molecule has 0 saturated heterocycles. The first-order valence-electron chi connectivity index (χ1n) is 8.71. The fraction of sp³-hybridized carbons (Fsp3) is 0.150. The topological polar surface area (TPSA) is 101 Å². The fourth-order valence-corrected chi connectivity index (χ4v) is 3.52. The lowest BCUT2D eigenvalue weighted by Crippen LogP contribution is -2.32. The molecule has 1 aromatic heterocycles. The molecule has 0 fully saturated rings. The second kappa shape index (κ2) is 8.81. The normalized spacial score (nSPS) is 11.9. The summed E-state index contributed by atoms with van der Waals surface area (Å²) in [4.78, 5) is 24.4. The maximum atomic E-state index is 14.5. The molecule has 3 rings (SSSR count). The van der Waals surface area contributed by atoms with Crippen LogP contribution in [-0.4, -0.2) is 22.0 Å². The molecule has 156 valence electrons. The summed E-state index contributed by atoms with van der Waals surface area (Å²) in [6, 6.07) is 6.60. The molecule has 0 aliphatic heterocycles. The number of hydrogen-bond acceptors (Lipinski definition) is 3. The summed E-state index contributed by atoms with van der Waals surface area (Å²) in [5.74, 6) is -2.94. The van der Waals surface area contributed by atoms with E-state index in [-0.39, 0.29) is 33.8 Å². The van der Waals surface area contributed by atoms with Crippen LogP contribution in [0.5, 0.6) is 0 Å². The summed E-state index contributed by atoms with van der Waals surface area (Å²) in [6.07, 6.45) is 0.984. The van der Waals surface area contributed by atoms with E-state index in [1.807, 2.05) is 0 Å². The van der Waals surface area contributed by atoms with E-state index < -0.39 is 29.5 Å². The van der Waals surface area contributed by atoms with Gasteiger partial charge in [-0.2, -0.15) is 5.10 Å². The number of primary amides is 1. The van der Waals surface area contributed by atoms with Crippen LogP contribution < -0.4 is 11.1 Å². The number of nitrogens with zero attached hydrogens (tertiary/aromatic N) is 1. The minimum Gasteiger partial charge on any atom is -0.370 e. The van der Waals surface area contributed by atoms with E-state index in [1.165, 1.54) is 13.1 Å². The highest BCUT2D eigenvalue weighted by Gasteiger charge is 2.25. The summed E-state index contributed by atoms with van der Waals surface area (Å²) in [5.41, 5.74) is 5.54. The van der Waals surface area contributed by atoms with Crippen LogP contribution in [-0.2, 0) is 4.79 Å². The number of halogens is 4. The number of amides is 2. The Morgan fingerprint density at radius 1 is 1.27 bits per heavy atom. The highest BCUT2D eigenvalue weighted by Crippen LogP contribution is 2.33. The second-order valence-corrected chi connectivity index (χ2v) is 7.41. The van der Waals surface area contributed by atoms with Gasteiger partial charge in [-0.3, -0.25) is 14.7 Å². The number of H-pyrrole nitrogens is 1. The number of carbonyl (C=O) groups is 2. The Morgan fingerprint density at radius 3 is 2.67 bits per heavy atom. The zero-order chi connectivity index (χ0) is 22.0. The van der Waals surface area contributed by atoms with Crippen molar-refractivity contribution >= 4 is 35.0 Å². The lowest BCUT2D eigenvalue weighted by atomic mass is 9.99. The number of nitrogens with one attached hydrogen (secondary N) is 2. The Morgan fingerprint density at radius 2 is 2.00 bits per heavy atom. The van der Waals surface area contributed by atoms with Crippen molar-refractivity contribution < 1.29 is 18.4 Å². The molecule has 0 saturated carbocycles. The molecule has 0 aliphatic carbocycles. The molecule has 2 aromatic carbocycles. The predicted molar refractivity (Wildman–Crippen MR) is 109 cm³/mol. The quantitative estimate of drug-likeness (QED) is 0.485. The molecule has 6 nitrogen and oxygen atoms in total. The zero-order valence-electron chi connectivity index (χ0n) is 15.6. The third-order valence-electron chi connectivity index (χ3n) is 4.50. The van der Waals surface area contributed by atoms with E-state index >= 15 is 0 Å². The zero-order valence-corrected chi connectivity index (χ0v) is 17.1. The molecule has 1 heterocycles. The maximum absolute atomic E-state index is 14.5. The van der Waals surface area contributed by atoms with Crippen LogP contribution in [0.1, 0.15) is 33.9 Å². The van der Waals surface area contributed by atoms with Crippen molar-refractivity contribution in [2.24, 2.45) is 5.73 Å². The van der Waals surface area contributed by atoms with Gasteiger partial charge in [0.2, 0.25) is 5.91 Å². The average molecular weight is 453 g/mol. The first-order chi connectivity index (χ1) is 14.2. The minimum atomic E-state index is -0.819. The number of nitrogens with two attached hydrogens (primary N) is 1. The molecule has 0 radical (unpaired) electrons. The van der Waals surface area contributed by atoms with Crippen molar-refractivity contribution in [2.45, 2.75) is 19.4 Å². The molecule has 10 heteroatoms. The van der Waals surface area contributed by atoms with Gasteiger partial charge >= 0.3 is 0 Å². The van der Waals surface area contributed by atoms with Gasteiger partial charge in [-0.1, -0.05) is 35.3 Å². The summed E-state index contributed by atoms with van der Waals surface area (Å²) in [7, 11) is 0. The highest BCUT2D eigenvalue weighted by molar-refractivity contribution is 6.31. The first kappa shape index (κ1) is 21.7. The van der Waals surface area contributed by atoms with Gasteiger partial charge in [0.1, 0.15) is 11.6 Å². The highest BCUT2D eigenvalue weighted by atomic mass is 35.5. The Labute approximate surface area is 180 Å². The molecular weight excluding hydrogens is 437 g/mol.